The Hall–Kier alpha value is -4.31. The summed E-state index contributed by atoms with van der Waals surface area (Å²) in [4.78, 5) is 40.4. The van der Waals surface area contributed by atoms with Gasteiger partial charge in [0.2, 0.25) is 11.8 Å². The Morgan fingerprint density at radius 3 is 2.36 bits per heavy atom. The number of nitriles is 1. The van der Waals surface area contributed by atoms with Gasteiger partial charge in [0, 0.05) is 63.5 Å². The topological polar surface area (TPSA) is 127 Å². The first-order valence-electron chi connectivity index (χ1n) is 16.3. The number of pyridine rings is 1. The first-order valence-corrected chi connectivity index (χ1v) is 17.7. The third-order valence-corrected chi connectivity index (χ3v) is 11.5. The number of hydrogen-bond acceptors (Lipinski definition) is 9. The maximum absolute atomic E-state index is 15.0. The number of anilines is 1. The Balaban J connectivity index is 1.40. The maximum Gasteiger partial charge on any atom is 0.270 e. The smallest absolute Gasteiger partial charge is 0.270 e. The first kappa shape index (κ1) is 32.6. The van der Waals surface area contributed by atoms with Gasteiger partial charge >= 0.3 is 0 Å². The van der Waals surface area contributed by atoms with Crippen molar-refractivity contribution in [3.05, 3.63) is 83.6 Å². The van der Waals surface area contributed by atoms with Crippen molar-refractivity contribution >= 4 is 27.5 Å². The summed E-state index contributed by atoms with van der Waals surface area (Å²) < 4.78 is 35.1. The summed E-state index contributed by atoms with van der Waals surface area (Å²) in [5, 5.41) is 9.88. The van der Waals surface area contributed by atoms with Gasteiger partial charge in [-0.3, -0.25) is 14.5 Å². The summed E-state index contributed by atoms with van der Waals surface area (Å²) in [5.41, 5.74) is -0.939. The number of likely N-dealkylation sites (N-methyl/N-ethyl adjacent to an activating group) is 1. The summed E-state index contributed by atoms with van der Waals surface area (Å²) in [6.45, 7) is 10.4. The quantitative estimate of drug-likeness (QED) is 0.341. The number of likely N-dealkylation sites (tertiary alicyclic amines) is 1. The van der Waals surface area contributed by atoms with E-state index in [0.29, 0.717) is 19.1 Å². The number of benzene rings is 2. The molecule has 3 aliphatic heterocycles. The Morgan fingerprint density at radius 1 is 0.979 bits per heavy atom. The van der Waals surface area contributed by atoms with Crippen LogP contribution >= 0.6 is 0 Å². The Labute approximate surface area is 276 Å². The molecule has 1 atom stereocenters. The molecule has 1 unspecified atom stereocenters. The molecule has 0 saturated carbocycles. The zero-order valence-electron chi connectivity index (χ0n) is 26.8. The molecule has 2 saturated heterocycles. The Bertz CT molecular complexity index is 1780. The fourth-order valence-electron chi connectivity index (χ4n) is 7.22. The van der Waals surface area contributed by atoms with E-state index in [4.69, 9.17) is 4.74 Å². The molecule has 12 heteroatoms. The molecule has 3 aliphatic rings. The van der Waals surface area contributed by atoms with E-state index in [9.17, 15) is 23.3 Å². The third-order valence-electron chi connectivity index (χ3n) is 9.75. The average molecular weight is 657 g/mol. The van der Waals surface area contributed by atoms with Crippen molar-refractivity contribution in [3.63, 3.8) is 0 Å². The van der Waals surface area contributed by atoms with Crippen molar-refractivity contribution in [2.24, 2.45) is 0 Å². The summed E-state index contributed by atoms with van der Waals surface area (Å²) in [7, 11) is -4.41. The van der Waals surface area contributed by atoms with Gasteiger partial charge in [0.15, 0.2) is 0 Å². The minimum Gasteiger partial charge on any atom is -0.478 e. The van der Waals surface area contributed by atoms with Crippen molar-refractivity contribution in [2.45, 2.75) is 49.5 Å². The number of piperazine rings is 1. The van der Waals surface area contributed by atoms with Gasteiger partial charge in [0.25, 0.3) is 15.9 Å². The summed E-state index contributed by atoms with van der Waals surface area (Å²) in [5.74, 6) is -0.947. The maximum atomic E-state index is 15.0. The van der Waals surface area contributed by atoms with Gasteiger partial charge in [-0.2, -0.15) is 5.26 Å². The summed E-state index contributed by atoms with van der Waals surface area (Å²) in [6, 6.07) is 18.0. The van der Waals surface area contributed by atoms with Crippen molar-refractivity contribution in [1.29, 1.82) is 5.26 Å². The lowest BCUT2D eigenvalue weighted by molar-refractivity contribution is -0.136. The number of amides is 2. The number of carbonyl (C=O) groups is 2. The van der Waals surface area contributed by atoms with E-state index in [2.05, 4.69) is 27.8 Å². The van der Waals surface area contributed by atoms with Gasteiger partial charge in [-0.15, -0.1) is 0 Å². The number of rotatable bonds is 9. The fourth-order valence-corrected chi connectivity index (χ4v) is 8.72. The molecular formula is C35H40N6O5S. The molecule has 2 amide bonds. The molecule has 0 aliphatic carbocycles. The van der Waals surface area contributed by atoms with Crippen LogP contribution in [0.3, 0.4) is 0 Å². The molecule has 1 aromatic heterocycles. The molecule has 2 fully saturated rings. The Kier molecular flexibility index (Phi) is 9.32. The molecule has 3 aromatic rings. The van der Waals surface area contributed by atoms with Crippen LogP contribution in [-0.4, -0.2) is 98.4 Å². The predicted molar refractivity (Wildman–Crippen MR) is 176 cm³/mol. The van der Waals surface area contributed by atoms with Gasteiger partial charge < -0.3 is 14.5 Å². The van der Waals surface area contributed by atoms with Crippen LogP contribution in [0, 0.1) is 11.3 Å². The van der Waals surface area contributed by atoms with Crippen molar-refractivity contribution in [3.8, 4) is 11.9 Å². The second-order valence-corrected chi connectivity index (χ2v) is 14.0. The normalized spacial score (nSPS) is 21.0. The second kappa shape index (κ2) is 13.4. The van der Waals surface area contributed by atoms with Crippen LogP contribution in [-0.2, 0) is 25.0 Å². The fraction of sp³-hybridized carbons (Fsp3) is 0.429. The molecular weight excluding hydrogens is 616 g/mol. The van der Waals surface area contributed by atoms with Crippen molar-refractivity contribution < 1.29 is 22.7 Å². The molecule has 47 heavy (non-hydrogen) atoms. The molecule has 246 valence electrons. The van der Waals surface area contributed by atoms with Gasteiger partial charge in [0.1, 0.15) is 5.41 Å². The van der Waals surface area contributed by atoms with Crippen LogP contribution < -0.4 is 9.04 Å². The van der Waals surface area contributed by atoms with Gasteiger partial charge in [-0.25, -0.2) is 17.7 Å². The average Bonchev–Trinajstić information content (AvgIpc) is 3.36. The Morgan fingerprint density at radius 2 is 1.70 bits per heavy atom. The number of nitrogens with zero attached hydrogens (tertiary/aromatic N) is 6. The predicted octanol–water partition coefficient (Wildman–Crippen LogP) is 3.39. The van der Waals surface area contributed by atoms with Crippen LogP contribution in [0.25, 0.3) is 0 Å². The van der Waals surface area contributed by atoms with Crippen LogP contribution in [0.4, 0.5) is 5.69 Å². The number of ether oxygens (including phenoxy) is 1. The molecule has 0 radical (unpaired) electrons. The highest BCUT2D eigenvalue weighted by Gasteiger charge is 2.58. The van der Waals surface area contributed by atoms with E-state index < -0.39 is 21.3 Å². The number of sulfonamides is 1. The molecule has 11 nitrogen and oxygen atoms in total. The number of carbonyl (C=O) groups excluding carboxylic acids is 2. The highest BCUT2D eigenvalue weighted by Crippen LogP contribution is 2.52. The number of piperidine rings is 1. The molecule has 2 aromatic carbocycles. The van der Waals surface area contributed by atoms with Gasteiger partial charge in [0.05, 0.1) is 28.8 Å². The van der Waals surface area contributed by atoms with Crippen molar-refractivity contribution in [1.82, 2.24) is 19.7 Å². The monoisotopic (exact) mass is 656 g/mol. The molecule has 6 rings (SSSR count). The lowest BCUT2D eigenvalue weighted by Crippen LogP contribution is -2.54. The molecule has 0 N–H and O–H groups in total. The highest BCUT2D eigenvalue weighted by molar-refractivity contribution is 7.93. The summed E-state index contributed by atoms with van der Waals surface area (Å²) >= 11 is 0. The van der Waals surface area contributed by atoms with E-state index >= 15 is 0 Å². The number of fused-ring (bicyclic) bond motifs is 1. The molecule has 0 bridgehead atoms. The second-order valence-electron chi connectivity index (χ2n) is 12.2. The zero-order valence-corrected chi connectivity index (χ0v) is 27.7. The van der Waals surface area contributed by atoms with Crippen LogP contribution in [0.1, 0.15) is 49.8 Å². The van der Waals surface area contributed by atoms with Crippen LogP contribution in [0.5, 0.6) is 5.88 Å². The van der Waals surface area contributed by atoms with E-state index in [1.54, 1.807) is 42.2 Å². The largest absolute Gasteiger partial charge is 0.478 e. The lowest BCUT2D eigenvalue weighted by Gasteiger charge is -2.43. The van der Waals surface area contributed by atoms with Gasteiger partial charge in [-0.1, -0.05) is 31.2 Å². The lowest BCUT2D eigenvalue weighted by atomic mass is 9.72. The van der Waals surface area contributed by atoms with Crippen LogP contribution in [0.2, 0.25) is 0 Å². The van der Waals surface area contributed by atoms with Gasteiger partial charge in [-0.05, 0) is 68.3 Å². The molecule has 0 spiro atoms. The highest BCUT2D eigenvalue weighted by atomic mass is 32.2. The minimum absolute atomic E-state index is 0.0659. The zero-order chi connectivity index (χ0) is 33.2. The number of aromatic nitrogens is 1. The van der Waals surface area contributed by atoms with Crippen LogP contribution in [0.15, 0.2) is 71.8 Å². The number of hydrogen-bond donors (Lipinski definition) is 0. The minimum atomic E-state index is -4.41. The standard InChI is InChI=1S/C35H40N6O5S/c1-3-38-19-21-39(22-20-38)27-14-17-40(18-15-27)32(42)24-35(29-11-8-16-37-33(29)46-4-2)30-23-26(25-36)12-13-31(30)41(34(35)43)47(44,45)28-9-6-5-7-10-28/h5-13,16,23,27H,3-4,14-15,17-22,24H2,1-2H3. The van der Waals surface area contributed by atoms with E-state index in [-0.39, 0.29) is 52.1 Å². The van der Waals surface area contributed by atoms with Crippen molar-refractivity contribution in [2.75, 3.05) is 56.7 Å². The SMILES string of the molecule is CCOc1ncccc1C1(CC(=O)N2CCC(N3CCN(CC)CC3)CC2)C(=O)N(S(=O)(=O)c2ccccc2)c2ccc(C#N)cc21. The first-order chi connectivity index (χ1) is 22.7. The third kappa shape index (κ3) is 5.88. The van der Waals surface area contributed by atoms with E-state index in [1.165, 1.54) is 36.5 Å². The van der Waals surface area contributed by atoms with E-state index in [0.717, 1.165) is 49.9 Å². The van der Waals surface area contributed by atoms with E-state index in [1.807, 2.05) is 0 Å². The molecule has 4 heterocycles. The summed E-state index contributed by atoms with van der Waals surface area (Å²) in [6.07, 6.45) is 2.82.